The van der Waals surface area contributed by atoms with Crippen LogP contribution in [0, 0.1) is 6.92 Å². The molecule has 0 radical (unpaired) electrons. The first-order valence-electron chi connectivity index (χ1n) is 6.91. The lowest BCUT2D eigenvalue weighted by atomic mass is 10.1. The van der Waals surface area contributed by atoms with Crippen molar-refractivity contribution in [1.82, 2.24) is 9.55 Å². The van der Waals surface area contributed by atoms with Gasteiger partial charge in [-0.25, -0.2) is 4.98 Å². The molecule has 0 bridgehead atoms. The predicted octanol–water partition coefficient (Wildman–Crippen LogP) is 4.57. The number of aliphatic imine (C=N–C) groups is 1. The zero-order valence-electron chi connectivity index (χ0n) is 12.2. The van der Waals surface area contributed by atoms with E-state index < -0.39 is 0 Å². The summed E-state index contributed by atoms with van der Waals surface area (Å²) in [5, 5.41) is 2.38. The highest BCUT2D eigenvalue weighted by atomic mass is 15.0. The summed E-state index contributed by atoms with van der Waals surface area (Å²) >= 11 is 0. The summed E-state index contributed by atoms with van der Waals surface area (Å²) in [5.41, 5.74) is 4.39. The van der Waals surface area contributed by atoms with E-state index >= 15 is 0 Å². The Bertz CT molecular complexity index is 882. The molecular formula is C18H17N3. The number of benzene rings is 1. The molecule has 2 aromatic heterocycles. The Kier molecular flexibility index (Phi) is 3.40. The van der Waals surface area contributed by atoms with E-state index in [4.69, 9.17) is 0 Å². The quantitative estimate of drug-likeness (QED) is 0.508. The minimum Gasteiger partial charge on any atom is -0.294 e. The van der Waals surface area contributed by atoms with Crippen molar-refractivity contribution >= 4 is 34.4 Å². The minimum atomic E-state index is 0.958. The molecule has 104 valence electrons. The first-order valence-corrected chi connectivity index (χ1v) is 6.91. The van der Waals surface area contributed by atoms with Gasteiger partial charge in [0.25, 0.3) is 0 Å². The Morgan fingerprint density at radius 2 is 2.14 bits per heavy atom. The number of aryl methyl sites for hydroxylation is 1. The van der Waals surface area contributed by atoms with Gasteiger partial charge < -0.3 is 0 Å². The van der Waals surface area contributed by atoms with E-state index in [2.05, 4.69) is 58.5 Å². The molecule has 3 rings (SSSR count). The summed E-state index contributed by atoms with van der Waals surface area (Å²) in [6, 6.07) is 10.6. The van der Waals surface area contributed by atoms with Gasteiger partial charge in [0.1, 0.15) is 5.65 Å². The smallest absolute Gasteiger partial charge is 0.145 e. The molecule has 3 heteroatoms. The van der Waals surface area contributed by atoms with Crippen LogP contribution in [-0.4, -0.2) is 16.3 Å². The fourth-order valence-corrected chi connectivity index (χ4v) is 2.65. The molecule has 0 aliphatic rings. The highest BCUT2D eigenvalue weighted by molar-refractivity contribution is 6.09. The van der Waals surface area contributed by atoms with Crippen LogP contribution in [-0.2, 0) is 0 Å². The number of hydrogen-bond donors (Lipinski definition) is 0. The lowest BCUT2D eigenvalue weighted by Crippen LogP contribution is -1.95. The number of fused-ring (bicyclic) bond motifs is 3. The third-order valence-electron chi connectivity index (χ3n) is 3.59. The molecule has 0 fully saturated rings. The highest BCUT2D eigenvalue weighted by Gasteiger charge is 2.12. The Balaban J connectivity index is 2.44. The van der Waals surface area contributed by atoms with Crippen LogP contribution in [0.25, 0.3) is 27.6 Å². The van der Waals surface area contributed by atoms with Gasteiger partial charge in [0.2, 0.25) is 0 Å². The van der Waals surface area contributed by atoms with Crippen LogP contribution in [0.4, 0.5) is 0 Å². The molecular weight excluding hydrogens is 258 g/mol. The number of pyridine rings is 1. The zero-order chi connectivity index (χ0) is 14.8. The molecule has 0 spiro atoms. The van der Waals surface area contributed by atoms with Crippen LogP contribution in [0.15, 0.2) is 59.9 Å². The summed E-state index contributed by atoms with van der Waals surface area (Å²) < 4.78 is 2.16. The van der Waals surface area contributed by atoms with Crippen LogP contribution >= 0.6 is 0 Å². The van der Waals surface area contributed by atoms with Crippen molar-refractivity contribution in [3.63, 3.8) is 0 Å². The van der Waals surface area contributed by atoms with Gasteiger partial charge in [-0.05, 0) is 50.9 Å². The van der Waals surface area contributed by atoms with Crippen molar-refractivity contribution in [2.24, 2.45) is 4.99 Å². The topological polar surface area (TPSA) is 30.2 Å². The van der Waals surface area contributed by atoms with Gasteiger partial charge in [-0.3, -0.25) is 9.56 Å². The van der Waals surface area contributed by atoms with Crippen LogP contribution in [0.1, 0.15) is 12.5 Å². The monoisotopic (exact) mass is 275 g/mol. The second-order valence-corrected chi connectivity index (χ2v) is 4.94. The fraction of sp³-hybridized carbons (Fsp3) is 0.111. The Morgan fingerprint density at radius 1 is 1.29 bits per heavy atom. The van der Waals surface area contributed by atoms with E-state index in [9.17, 15) is 0 Å². The molecule has 3 nitrogen and oxygen atoms in total. The van der Waals surface area contributed by atoms with Gasteiger partial charge in [-0.1, -0.05) is 17.7 Å². The van der Waals surface area contributed by atoms with Crippen LogP contribution in [0.3, 0.4) is 0 Å². The molecule has 1 aromatic carbocycles. The molecule has 0 unspecified atom stereocenters. The lowest BCUT2D eigenvalue weighted by Gasteiger charge is -2.07. The minimum absolute atomic E-state index is 0.958. The summed E-state index contributed by atoms with van der Waals surface area (Å²) in [5.74, 6) is 0. The molecule has 0 aliphatic carbocycles. The average Bonchev–Trinajstić information content (AvgIpc) is 2.83. The van der Waals surface area contributed by atoms with E-state index in [1.54, 1.807) is 6.20 Å². The van der Waals surface area contributed by atoms with Crippen LogP contribution in [0.5, 0.6) is 0 Å². The lowest BCUT2D eigenvalue weighted by molar-refractivity contribution is 1.17. The van der Waals surface area contributed by atoms with Crippen molar-refractivity contribution in [3.05, 3.63) is 60.4 Å². The standard InChI is InChI=1S/C18H17N3/c1-4-14(9-11-19-3)21-17-8-7-13(2)12-16(17)15-6-5-10-20-18(15)21/h4-12H,3H2,1-2H3/b11-9-,14-4+. The predicted molar refractivity (Wildman–Crippen MR) is 90.6 cm³/mol. The SMILES string of the molecule is C=N/C=C\C(=C/C)n1c2ccc(C)cc2c2cccnc21. The maximum atomic E-state index is 4.57. The second-order valence-electron chi connectivity index (χ2n) is 4.94. The molecule has 21 heavy (non-hydrogen) atoms. The third kappa shape index (κ3) is 2.17. The van der Waals surface area contributed by atoms with Crippen LogP contribution in [0.2, 0.25) is 0 Å². The molecule has 0 atom stereocenters. The molecule has 0 aliphatic heterocycles. The number of nitrogens with zero attached hydrogens (tertiary/aromatic N) is 3. The number of allylic oxidation sites excluding steroid dienone is 3. The van der Waals surface area contributed by atoms with E-state index in [0.717, 1.165) is 22.2 Å². The number of hydrogen-bond acceptors (Lipinski definition) is 2. The van der Waals surface area contributed by atoms with E-state index in [1.807, 2.05) is 25.3 Å². The molecule has 0 saturated heterocycles. The normalized spacial score (nSPS) is 12.6. The van der Waals surface area contributed by atoms with Crippen molar-refractivity contribution in [3.8, 4) is 0 Å². The Hall–Kier alpha value is -2.68. The summed E-state index contributed by atoms with van der Waals surface area (Å²) in [7, 11) is 0. The maximum Gasteiger partial charge on any atom is 0.145 e. The van der Waals surface area contributed by atoms with Crippen molar-refractivity contribution in [1.29, 1.82) is 0 Å². The second kappa shape index (κ2) is 5.37. The van der Waals surface area contributed by atoms with Gasteiger partial charge >= 0.3 is 0 Å². The van der Waals surface area contributed by atoms with E-state index in [1.165, 1.54) is 10.9 Å². The summed E-state index contributed by atoms with van der Waals surface area (Å²) in [4.78, 5) is 8.37. The van der Waals surface area contributed by atoms with Gasteiger partial charge in [0.15, 0.2) is 0 Å². The van der Waals surface area contributed by atoms with Crippen molar-refractivity contribution in [2.45, 2.75) is 13.8 Å². The van der Waals surface area contributed by atoms with Gasteiger partial charge in [-0.2, -0.15) is 0 Å². The molecule has 0 amide bonds. The van der Waals surface area contributed by atoms with Crippen molar-refractivity contribution in [2.75, 3.05) is 0 Å². The van der Waals surface area contributed by atoms with E-state index in [-0.39, 0.29) is 0 Å². The molecule has 3 aromatic rings. The van der Waals surface area contributed by atoms with Gasteiger partial charge in [-0.15, -0.1) is 0 Å². The van der Waals surface area contributed by atoms with Crippen molar-refractivity contribution < 1.29 is 0 Å². The summed E-state index contributed by atoms with van der Waals surface area (Å²) in [6.45, 7) is 7.62. The maximum absolute atomic E-state index is 4.57. The summed E-state index contributed by atoms with van der Waals surface area (Å²) in [6.07, 6.45) is 7.52. The van der Waals surface area contributed by atoms with E-state index in [0.29, 0.717) is 0 Å². The first-order chi connectivity index (χ1) is 10.3. The fourth-order valence-electron chi connectivity index (χ4n) is 2.65. The average molecular weight is 275 g/mol. The number of aromatic nitrogens is 2. The van der Waals surface area contributed by atoms with Crippen LogP contribution < -0.4 is 0 Å². The Morgan fingerprint density at radius 3 is 2.90 bits per heavy atom. The van der Waals surface area contributed by atoms with Gasteiger partial charge in [0, 0.05) is 28.9 Å². The molecule has 2 heterocycles. The highest BCUT2D eigenvalue weighted by Crippen LogP contribution is 2.31. The third-order valence-corrected chi connectivity index (χ3v) is 3.59. The Labute approximate surface area is 124 Å². The van der Waals surface area contributed by atoms with Gasteiger partial charge in [0.05, 0.1) is 5.52 Å². The molecule has 0 N–H and O–H groups in total. The molecule has 0 saturated carbocycles. The number of rotatable bonds is 3. The zero-order valence-corrected chi connectivity index (χ0v) is 12.2. The first kappa shape index (κ1) is 13.3. The largest absolute Gasteiger partial charge is 0.294 e.